The summed E-state index contributed by atoms with van der Waals surface area (Å²) in [6.45, 7) is 21.0. The number of hydrogen-bond acceptors (Lipinski definition) is 1. The lowest BCUT2D eigenvalue weighted by atomic mass is 9.84. The van der Waals surface area contributed by atoms with Crippen molar-refractivity contribution in [3.63, 3.8) is 0 Å². The molecule has 0 saturated heterocycles. The van der Waals surface area contributed by atoms with Crippen molar-refractivity contribution in [1.29, 1.82) is 0 Å². The Morgan fingerprint density at radius 2 is 0.410 bits per heavy atom. The molecule has 0 unspecified atom stereocenters. The zero-order chi connectivity index (χ0) is 57.4. The smallest absolute Gasteiger partial charge is 0.0775 e. The number of hydrogen-bond donors (Lipinski definition) is 0. The predicted molar refractivity (Wildman–Crippen MR) is 361 cm³/mol. The third-order valence-electron chi connectivity index (χ3n) is 17.3. The van der Waals surface area contributed by atoms with Gasteiger partial charge in [0.05, 0.1) is 8.07 Å². The second-order valence-corrected chi connectivity index (χ2v) is 28.5. The van der Waals surface area contributed by atoms with E-state index >= 15 is 0 Å². The van der Waals surface area contributed by atoms with Crippen LogP contribution in [0.3, 0.4) is 0 Å². The lowest BCUT2D eigenvalue weighted by Crippen LogP contribution is -2.37. The van der Waals surface area contributed by atoms with Gasteiger partial charge in [-0.2, -0.15) is 0 Å². The number of nitrogens with zero attached hydrogens (tertiary/aromatic N) is 1. The van der Waals surface area contributed by atoms with Crippen LogP contribution in [0.4, 0.5) is 17.1 Å². The van der Waals surface area contributed by atoms with Gasteiger partial charge in [-0.3, -0.25) is 0 Å². The summed E-state index contributed by atoms with van der Waals surface area (Å²) in [4.78, 5) is 2.42. The van der Waals surface area contributed by atoms with Gasteiger partial charge in [-0.25, -0.2) is 0 Å². The van der Waals surface area contributed by atoms with Crippen molar-refractivity contribution in [3.8, 4) is 100 Å². The van der Waals surface area contributed by atoms with Crippen LogP contribution in [0.1, 0.15) is 33.4 Å². The first-order valence-corrected chi connectivity index (χ1v) is 32.7. The molecule has 0 heterocycles. The van der Waals surface area contributed by atoms with Gasteiger partial charge in [0.15, 0.2) is 0 Å². The zero-order valence-electron chi connectivity index (χ0n) is 49.4. The van der Waals surface area contributed by atoms with Crippen LogP contribution < -0.4 is 10.1 Å². The average molecular weight is 1090 g/mol. The van der Waals surface area contributed by atoms with E-state index in [9.17, 15) is 0 Å². The van der Waals surface area contributed by atoms with E-state index < -0.39 is 8.07 Å². The fourth-order valence-electron chi connectivity index (χ4n) is 12.8. The van der Waals surface area contributed by atoms with Crippen molar-refractivity contribution in [2.45, 2.75) is 61.2 Å². The molecule has 12 aromatic carbocycles. The SMILES string of the molecule is Cc1c(-c2ccccc2)cc(-c2ccccc2)c(C)c1-c1ccc(N(c2ccc(-c3c(C)c(-c4ccccc4)cc(-c4ccccc4)c3C)cc2)c2ccc(-c3c(C)c(-c4ccccc4)cc(-c4ccc([Si](C)(C)C)cc4)c3C)cc2)cc1. The van der Waals surface area contributed by atoms with E-state index in [0.29, 0.717) is 0 Å². The third-order valence-corrected chi connectivity index (χ3v) is 19.3. The van der Waals surface area contributed by atoms with Gasteiger partial charge in [-0.05, 0) is 230 Å². The molecule has 1 nitrogen and oxygen atoms in total. The molecule has 0 radical (unpaired) electrons. The van der Waals surface area contributed by atoms with Crippen molar-refractivity contribution in [2.24, 2.45) is 0 Å². The number of benzene rings is 12. The summed E-state index contributed by atoms with van der Waals surface area (Å²) in [6.07, 6.45) is 0. The third kappa shape index (κ3) is 10.6. The Morgan fingerprint density at radius 1 is 0.217 bits per heavy atom. The van der Waals surface area contributed by atoms with Crippen LogP contribution in [0.5, 0.6) is 0 Å². The maximum absolute atomic E-state index is 2.42. The van der Waals surface area contributed by atoms with Crippen LogP contribution in [0.15, 0.2) is 267 Å². The molecule has 0 saturated carbocycles. The largest absolute Gasteiger partial charge is 0.311 e. The normalized spacial score (nSPS) is 11.4. The highest BCUT2D eigenvalue weighted by molar-refractivity contribution is 6.88. The van der Waals surface area contributed by atoms with Gasteiger partial charge in [0.1, 0.15) is 0 Å². The summed E-state index contributed by atoms with van der Waals surface area (Å²) < 4.78 is 0. The first-order chi connectivity index (χ1) is 40.3. The summed E-state index contributed by atoms with van der Waals surface area (Å²) in [5.74, 6) is 0. The Morgan fingerprint density at radius 3 is 0.614 bits per heavy atom. The molecule has 0 N–H and O–H groups in total. The molecule has 0 spiro atoms. The minimum atomic E-state index is -1.48. The molecule has 83 heavy (non-hydrogen) atoms. The molecular weight excluding hydrogens is 1010 g/mol. The lowest BCUT2D eigenvalue weighted by molar-refractivity contribution is 1.28. The quantitative estimate of drug-likeness (QED) is 0.104. The molecular formula is C81H71NSi. The van der Waals surface area contributed by atoms with Gasteiger partial charge in [0.2, 0.25) is 0 Å². The summed E-state index contributed by atoms with van der Waals surface area (Å²) >= 11 is 0. The Kier molecular flexibility index (Phi) is 15.0. The molecule has 0 bridgehead atoms. The van der Waals surface area contributed by atoms with Crippen LogP contribution in [-0.4, -0.2) is 8.07 Å². The first kappa shape index (κ1) is 54.3. The number of rotatable bonds is 13. The standard InChI is InChI=1S/C81H71NSi/c1-54-73(60-25-15-10-16-26-60)51-74(61-27-17-11-18-28-61)55(2)79(54)66-35-43-69(44-36-66)82(70-45-37-67(38-46-70)80-56(3)75(62-29-19-12-20-30-62)52-76(57(80)4)63-31-21-13-22-32-63)71-47-39-68(40-48-71)81-58(5)77(64-33-23-14-24-34-64)53-78(59(81)6)65-41-49-72(50-42-65)83(7,8)9/h10-53H,1-9H3. The summed E-state index contributed by atoms with van der Waals surface area (Å²) in [7, 11) is -1.48. The highest BCUT2D eigenvalue weighted by Crippen LogP contribution is 2.46. The summed E-state index contributed by atoms with van der Waals surface area (Å²) in [5, 5.41) is 1.47. The molecule has 0 aliphatic heterocycles. The fraction of sp³-hybridized carbons (Fsp3) is 0.111. The topological polar surface area (TPSA) is 3.24 Å². The molecule has 0 atom stereocenters. The maximum atomic E-state index is 2.42. The fourth-order valence-corrected chi connectivity index (χ4v) is 14.0. The highest BCUT2D eigenvalue weighted by atomic mass is 28.3. The van der Waals surface area contributed by atoms with E-state index in [4.69, 9.17) is 0 Å². The molecule has 2 heteroatoms. The van der Waals surface area contributed by atoms with E-state index in [1.807, 2.05) is 0 Å². The highest BCUT2D eigenvalue weighted by Gasteiger charge is 2.23. The van der Waals surface area contributed by atoms with E-state index in [2.05, 4.69) is 333 Å². The minimum absolute atomic E-state index is 1.08. The minimum Gasteiger partial charge on any atom is -0.311 e. The Labute approximate surface area is 493 Å². The monoisotopic (exact) mass is 1090 g/mol. The van der Waals surface area contributed by atoms with Gasteiger partial charge in [0.25, 0.3) is 0 Å². The van der Waals surface area contributed by atoms with E-state index in [1.54, 1.807) is 0 Å². The molecule has 12 rings (SSSR count). The van der Waals surface area contributed by atoms with Crippen molar-refractivity contribution in [2.75, 3.05) is 4.90 Å². The summed E-state index contributed by atoms with van der Waals surface area (Å²) in [5.41, 5.74) is 33.2. The molecule has 0 aliphatic carbocycles. The van der Waals surface area contributed by atoms with Gasteiger partial charge >= 0.3 is 0 Å². The van der Waals surface area contributed by atoms with Crippen molar-refractivity contribution in [3.05, 3.63) is 300 Å². The molecule has 0 amide bonds. The second-order valence-electron chi connectivity index (χ2n) is 23.4. The first-order valence-electron chi connectivity index (χ1n) is 29.2. The Bertz CT molecular complexity index is 3950. The Hall–Kier alpha value is -9.34. The van der Waals surface area contributed by atoms with Crippen LogP contribution in [0.25, 0.3) is 100 Å². The number of anilines is 3. The van der Waals surface area contributed by atoms with E-state index in [-0.39, 0.29) is 0 Å². The Balaban J connectivity index is 1.00. The van der Waals surface area contributed by atoms with Gasteiger partial charge in [-0.1, -0.05) is 237 Å². The van der Waals surface area contributed by atoms with Crippen molar-refractivity contribution >= 4 is 30.3 Å². The molecule has 404 valence electrons. The van der Waals surface area contributed by atoms with Crippen LogP contribution in [0.2, 0.25) is 19.6 Å². The van der Waals surface area contributed by atoms with Crippen molar-refractivity contribution < 1.29 is 0 Å². The van der Waals surface area contributed by atoms with Crippen LogP contribution >= 0.6 is 0 Å². The molecule has 12 aromatic rings. The predicted octanol–water partition coefficient (Wildman–Crippen LogP) is 22.6. The zero-order valence-corrected chi connectivity index (χ0v) is 50.4. The van der Waals surface area contributed by atoms with Crippen LogP contribution in [0, 0.1) is 41.5 Å². The second kappa shape index (κ2) is 22.9. The van der Waals surface area contributed by atoms with Gasteiger partial charge < -0.3 is 4.90 Å². The van der Waals surface area contributed by atoms with E-state index in [0.717, 1.165) is 17.1 Å². The van der Waals surface area contributed by atoms with Gasteiger partial charge in [-0.15, -0.1) is 0 Å². The molecule has 0 fully saturated rings. The molecule has 0 aliphatic rings. The van der Waals surface area contributed by atoms with Crippen LogP contribution in [-0.2, 0) is 0 Å². The average Bonchev–Trinajstić information content (AvgIpc) is 3.71. The summed E-state index contributed by atoms with van der Waals surface area (Å²) in [6, 6.07) is 98.7. The van der Waals surface area contributed by atoms with Gasteiger partial charge in [0, 0.05) is 17.1 Å². The molecule has 0 aromatic heterocycles. The van der Waals surface area contributed by atoms with E-state index in [1.165, 1.54) is 139 Å². The van der Waals surface area contributed by atoms with Crippen molar-refractivity contribution in [1.82, 2.24) is 0 Å². The maximum Gasteiger partial charge on any atom is 0.0775 e. The lowest BCUT2D eigenvalue weighted by Gasteiger charge is -2.27.